The van der Waals surface area contributed by atoms with Gasteiger partial charge in [0.05, 0.1) is 19.1 Å². The second-order valence-electron chi connectivity index (χ2n) is 8.13. The predicted molar refractivity (Wildman–Crippen MR) is 120 cm³/mol. The van der Waals surface area contributed by atoms with E-state index in [0.29, 0.717) is 31.3 Å². The number of rotatable bonds is 3. The molecule has 8 nitrogen and oxygen atoms in total. The molecule has 0 radical (unpaired) electrons. The van der Waals surface area contributed by atoms with E-state index in [2.05, 4.69) is 47.0 Å². The quantitative estimate of drug-likeness (QED) is 0.824. The normalized spacial score (nSPS) is 24.0. The van der Waals surface area contributed by atoms with Gasteiger partial charge in [0.1, 0.15) is 5.69 Å². The monoisotopic (exact) mass is 421 g/mol. The van der Waals surface area contributed by atoms with Gasteiger partial charge in [0.25, 0.3) is 5.91 Å². The summed E-state index contributed by atoms with van der Waals surface area (Å²) in [5.41, 5.74) is 2.42. The van der Waals surface area contributed by atoms with E-state index in [1.807, 2.05) is 19.2 Å². The van der Waals surface area contributed by atoms with Crippen molar-refractivity contribution >= 4 is 18.1 Å². The van der Waals surface area contributed by atoms with E-state index in [1.54, 1.807) is 22.1 Å². The highest BCUT2D eigenvalue weighted by atomic mass is 16.7. The first-order valence-corrected chi connectivity index (χ1v) is 10.5. The first-order valence-electron chi connectivity index (χ1n) is 10.5. The number of piperazine rings is 1. The fraction of sp³-hybridized carbons (Fsp3) is 0.391. The van der Waals surface area contributed by atoms with E-state index in [0.717, 1.165) is 0 Å². The first-order chi connectivity index (χ1) is 14.9. The number of aliphatic imine (C=N–C) groups is 2. The number of nitrogens with one attached hydrogen (secondary N) is 1. The molecular formula is C23H27N5O3. The number of aromatic nitrogens is 1. The summed E-state index contributed by atoms with van der Waals surface area (Å²) < 4.78 is 0. The highest BCUT2D eigenvalue weighted by Gasteiger charge is 2.31. The van der Waals surface area contributed by atoms with Gasteiger partial charge in [-0.2, -0.15) is 0 Å². The Morgan fingerprint density at radius 3 is 2.68 bits per heavy atom. The number of H-pyrrole nitrogens is 1. The smallest absolute Gasteiger partial charge is 0.331 e. The molecule has 8 heteroatoms. The third kappa shape index (κ3) is 4.74. The molecule has 2 aromatic rings. The molecule has 31 heavy (non-hydrogen) atoms. The van der Waals surface area contributed by atoms with Crippen LogP contribution in [-0.4, -0.2) is 64.8 Å². The molecule has 3 atom stereocenters. The summed E-state index contributed by atoms with van der Waals surface area (Å²) in [5, 5.41) is 1.79. The average molecular weight is 422 g/mol. The zero-order valence-corrected chi connectivity index (χ0v) is 18.0. The van der Waals surface area contributed by atoms with Gasteiger partial charge in [0.15, 0.2) is 0 Å². The molecule has 1 aromatic carbocycles. The molecule has 0 spiro atoms. The number of carbonyl (C=O) groups is 1. The van der Waals surface area contributed by atoms with Crippen LogP contribution in [0.1, 0.15) is 41.4 Å². The molecule has 0 bridgehead atoms. The Morgan fingerprint density at radius 1 is 1.16 bits per heavy atom. The van der Waals surface area contributed by atoms with Crippen LogP contribution in [0.25, 0.3) is 0 Å². The van der Waals surface area contributed by atoms with E-state index in [1.165, 1.54) is 17.2 Å². The summed E-state index contributed by atoms with van der Waals surface area (Å²) >= 11 is 0. The van der Waals surface area contributed by atoms with Crippen molar-refractivity contribution in [1.29, 1.82) is 0 Å². The fourth-order valence-corrected chi connectivity index (χ4v) is 4.00. The van der Waals surface area contributed by atoms with Crippen LogP contribution in [0, 0.1) is 6.92 Å². The number of carbonyl (C=O) groups excluding carboxylic acids is 1. The molecule has 4 rings (SSSR count). The highest BCUT2D eigenvalue weighted by molar-refractivity contribution is 5.92. The average Bonchev–Trinajstić information content (AvgIpc) is 2.73. The minimum absolute atomic E-state index is 0.0181. The van der Waals surface area contributed by atoms with Gasteiger partial charge in [0.2, 0.25) is 5.56 Å². The van der Waals surface area contributed by atoms with Crippen LogP contribution in [0.3, 0.4) is 0 Å². The lowest BCUT2D eigenvalue weighted by Gasteiger charge is -2.38. The van der Waals surface area contributed by atoms with Crippen LogP contribution < -0.4 is 5.56 Å². The summed E-state index contributed by atoms with van der Waals surface area (Å²) in [6, 6.07) is 13.3. The standard InChI is InChI=1S/C23H27N5O3/c1-15-6-4-7-18(12-15)19-13-24-23(25-17(19)3)31-27-10-11-28(16(2)14-27)22(30)20-8-5-9-21(29)26-20/h4-9,12-13,16-17,19H,10-11,14H2,1-3H3,(H,26,29). The maximum Gasteiger partial charge on any atom is 0.331 e. The van der Waals surface area contributed by atoms with Crippen molar-refractivity contribution in [2.75, 3.05) is 19.6 Å². The van der Waals surface area contributed by atoms with Crippen molar-refractivity contribution in [2.24, 2.45) is 9.98 Å². The summed E-state index contributed by atoms with van der Waals surface area (Å²) in [7, 11) is 0. The molecule has 2 aliphatic rings. The lowest BCUT2D eigenvalue weighted by molar-refractivity contribution is -0.111. The number of hydrogen-bond donors (Lipinski definition) is 1. The van der Waals surface area contributed by atoms with Gasteiger partial charge >= 0.3 is 6.02 Å². The molecule has 0 aliphatic carbocycles. The van der Waals surface area contributed by atoms with E-state index in [-0.39, 0.29) is 29.5 Å². The molecule has 162 valence electrons. The molecule has 2 aliphatic heterocycles. The molecule has 1 amide bonds. The van der Waals surface area contributed by atoms with Crippen molar-refractivity contribution < 1.29 is 9.63 Å². The van der Waals surface area contributed by atoms with E-state index in [9.17, 15) is 9.59 Å². The maximum absolute atomic E-state index is 12.7. The number of amides is 1. The van der Waals surface area contributed by atoms with Gasteiger partial charge < -0.3 is 14.7 Å². The third-order valence-corrected chi connectivity index (χ3v) is 5.67. The number of aromatic amines is 1. The summed E-state index contributed by atoms with van der Waals surface area (Å²) in [6.07, 6.45) is 1.90. The second-order valence-corrected chi connectivity index (χ2v) is 8.13. The maximum atomic E-state index is 12.7. The van der Waals surface area contributed by atoms with Crippen molar-refractivity contribution in [3.8, 4) is 0 Å². The van der Waals surface area contributed by atoms with Crippen LogP contribution >= 0.6 is 0 Å². The SMILES string of the molecule is Cc1cccc(C2C=NC(ON3CCN(C(=O)c4cccc(=O)[nH]4)C(C)C3)=NC2C)c1. The molecule has 1 N–H and O–H groups in total. The number of pyridine rings is 1. The molecule has 0 saturated carbocycles. The van der Waals surface area contributed by atoms with Gasteiger partial charge in [0, 0.05) is 30.8 Å². The van der Waals surface area contributed by atoms with Crippen LogP contribution in [0.5, 0.6) is 0 Å². The zero-order chi connectivity index (χ0) is 22.0. The van der Waals surface area contributed by atoms with Crippen molar-refractivity contribution in [2.45, 2.75) is 38.8 Å². The Kier molecular flexibility index (Phi) is 5.99. The highest BCUT2D eigenvalue weighted by Crippen LogP contribution is 2.24. The van der Waals surface area contributed by atoms with E-state index in [4.69, 9.17) is 4.84 Å². The molecule has 3 unspecified atom stereocenters. The largest absolute Gasteiger partial charge is 0.365 e. The van der Waals surface area contributed by atoms with Crippen LogP contribution in [0.4, 0.5) is 0 Å². The Labute approximate surface area is 181 Å². The summed E-state index contributed by atoms with van der Waals surface area (Å²) in [4.78, 5) is 43.6. The Balaban J connectivity index is 1.36. The van der Waals surface area contributed by atoms with Crippen LogP contribution in [0.15, 0.2) is 57.2 Å². The molecule has 1 fully saturated rings. The topological polar surface area (TPSA) is 90.4 Å². The number of aryl methyl sites for hydroxylation is 1. The fourth-order valence-electron chi connectivity index (χ4n) is 4.00. The Bertz CT molecular complexity index is 1080. The molecule has 3 heterocycles. The summed E-state index contributed by atoms with van der Waals surface area (Å²) in [5.74, 6) is -0.0684. The number of hydrogen-bond acceptors (Lipinski definition) is 6. The molecular weight excluding hydrogens is 394 g/mol. The lowest BCUT2D eigenvalue weighted by Crippen LogP contribution is -2.54. The van der Waals surface area contributed by atoms with Gasteiger partial charge in [-0.1, -0.05) is 35.9 Å². The van der Waals surface area contributed by atoms with Gasteiger partial charge in [-0.25, -0.2) is 9.98 Å². The first kappa shape index (κ1) is 21.0. The minimum atomic E-state index is -0.285. The van der Waals surface area contributed by atoms with Crippen LogP contribution in [0.2, 0.25) is 0 Å². The number of benzene rings is 1. The Morgan fingerprint density at radius 2 is 1.97 bits per heavy atom. The van der Waals surface area contributed by atoms with Crippen molar-refractivity contribution in [1.82, 2.24) is 14.9 Å². The predicted octanol–water partition coefficient (Wildman–Crippen LogP) is 2.37. The van der Waals surface area contributed by atoms with Gasteiger partial charge in [-0.15, -0.1) is 5.06 Å². The molecule has 1 saturated heterocycles. The number of amidine groups is 1. The van der Waals surface area contributed by atoms with Gasteiger partial charge in [-0.3, -0.25) is 9.59 Å². The second kappa shape index (κ2) is 8.85. The van der Waals surface area contributed by atoms with Crippen molar-refractivity contribution in [3.63, 3.8) is 0 Å². The number of nitrogens with zero attached hydrogens (tertiary/aromatic N) is 4. The minimum Gasteiger partial charge on any atom is -0.365 e. The van der Waals surface area contributed by atoms with Crippen molar-refractivity contribution in [3.05, 3.63) is 69.6 Å². The Hall–Kier alpha value is -3.26. The summed E-state index contributed by atoms with van der Waals surface area (Å²) in [6.45, 7) is 7.62. The van der Waals surface area contributed by atoms with Crippen LogP contribution in [-0.2, 0) is 4.84 Å². The molecule has 1 aromatic heterocycles. The van der Waals surface area contributed by atoms with E-state index >= 15 is 0 Å². The number of hydroxylamine groups is 2. The third-order valence-electron chi connectivity index (χ3n) is 5.67. The van der Waals surface area contributed by atoms with E-state index < -0.39 is 0 Å². The van der Waals surface area contributed by atoms with Gasteiger partial charge in [-0.05, 0) is 32.4 Å². The zero-order valence-electron chi connectivity index (χ0n) is 18.0. The lowest BCUT2D eigenvalue weighted by atomic mass is 9.92.